The predicted octanol–water partition coefficient (Wildman–Crippen LogP) is 3.78. The van der Waals surface area contributed by atoms with Crippen LogP contribution in [0, 0.1) is 0 Å². The first kappa shape index (κ1) is 15.3. The number of hydrogen-bond donors (Lipinski definition) is 0. The Bertz CT molecular complexity index is 422. The molecular weight excluding hydrogens is 234 g/mol. The Morgan fingerprint density at radius 3 is 2.58 bits per heavy atom. The van der Waals surface area contributed by atoms with Crippen LogP contribution < -0.4 is 0 Å². The molecule has 0 aliphatic heterocycles. The lowest BCUT2D eigenvalue weighted by Crippen LogP contribution is -2.18. The Morgan fingerprint density at radius 2 is 1.95 bits per heavy atom. The van der Waals surface area contributed by atoms with Crippen molar-refractivity contribution in [3.63, 3.8) is 0 Å². The standard InChI is InChI=1S/C17H23NO/c1-5-15(2)18(4)16(3)14-19-13-9-12-17-10-7-6-8-11-17/h5-8,10-11H,1-3,9,12-14H2,4H3. The van der Waals surface area contributed by atoms with E-state index in [4.69, 9.17) is 4.74 Å². The second-order valence-corrected chi connectivity index (χ2v) is 4.46. The molecule has 102 valence electrons. The fourth-order valence-corrected chi connectivity index (χ4v) is 1.65. The van der Waals surface area contributed by atoms with Gasteiger partial charge in [-0.2, -0.15) is 0 Å². The highest BCUT2D eigenvalue weighted by Gasteiger charge is 2.03. The van der Waals surface area contributed by atoms with Gasteiger partial charge in [-0.1, -0.05) is 50.1 Å². The van der Waals surface area contributed by atoms with Crippen LogP contribution >= 0.6 is 0 Å². The molecule has 0 aromatic heterocycles. The number of allylic oxidation sites excluding steroid dienone is 1. The van der Waals surface area contributed by atoms with E-state index in [0.717, 1.165) is 30.8 Å². The molecule has 2 nitrogen and oxygen atoms in total. The van der Waals surface area contributed by atoms with Crippen LogP contribution in [0.1, 0.15) is 12.0 Å². The van der Waals surface area contributed by atoms with Gasteiger partial charge in [0, 0.05) is 25.0 Å². The van der Waals surface area contributed by atoms with Crippen molar-refractivity contribution in [3.8, 4) is 0 Å². The number of nitrogens with zero attached hydrogens (tertiary/aromatic N) is 1. The summed E-state index contributed by atoms with van der Waals surface area (Å²) >= 11 is 0. The van der Waals surface area contributed by atoms with Crippen molar-refractivity contribution in [1.82, 2.24) is 4.90 Å². The fourth-order valence-electron chi connectivity index (χ4n) is 1.65. The molecule has 0 N–H and O–H groups in total. The first-order valence-corrected chi connectivity index (χ1v) is 6.49. The molecule has 0 saturated carbocycles. The smallest absolute Gasteiger partial charge is 0.0861 e. The Morgan fingerprint density at radius 1 is 1.26 bits per heavy atom. The van der Waals surface area contributed by atoms with E-state index in [1.165, 1.54) is 5.56 Å². The zero-order chi connectivity index (χ0) is 14.1. The molecule has 0 amide bonds. The number of benzene rings is 1. The molecule has 1 aromatic rings. The maximum Gasteiger partial charge on any atom is 0.0861 e. The van der Waals surface area contributed by atoms with Gasteiger partial charge in [0.15, 0.2) is 0 Å². The number of ether oxygens (including phenoxy) is 1. The molecule has 0 fully saturated rings. The molecule has 0 spiro atoms. The molecule has 2 heteroatoms. The lowest BCUT2D eigenvalue weighted by atomic mass is 10.1. The molecule has 1 rings (SSSR count). The first-order valence-electron chi connectivity index (χ1n) is 6.49. The highest BCUT2D eigenvalue weighted by molar-refractivity contribution is 5.16. The van der Waals surface area contributed by atoms with Crippen molar-refractivity contribution < 1.29 is 4.74 Å². The molecule has 0 aliphatic rings. The number of likely N-dealkylation sites (N-methyl/N-ethyl adjacent to an activating group) is 1. The summed E-state index contributed by atoms with van der Waals surface area (Å²) in [6, 6.07) is 10.4. The van der Waals surface area contributed by atoms with E-state index in [2.05, 4.69) is 44.0 Å². The number of aryl methyl sites for hydroxylation is 1. The topological polar surface area (TPSA) is 12.5 Å². The Labute approximate surface area is 116 Å². The summed E-state index contributed by atoms with van der Waals surface area (Å²) in [5.41, 5.74) is 3.07. The second kappa shape index (κ2) is 8.33. The third-order valence-corrected chi connectivity index (χ3v) is 3.01. The maximum absolute atomic E-state index is 5.62. The molecule has 0 atom stereocenters. The molecule has 0 saturated heterocycles. The molecule has 0 unspecified atom stereocenters. The summed E-state index contributed by atoms with van der Waals surface area (Å²) in [6.45, 7) is 12.8. The molecule has 0 heterocycles. The van der Waals surface area contributed by atoms with Crippen LogP contribution in [0.5, 0.6) is 0 Å². The summed E-state index contributed by atoms with van der Waals surface area (Å²) in [5.74, 6) is 0. The fraction of sp³-hybridized carbons (Fsp3) is 0.294. The molecule has 19 heavy (non-hydrogen) atoms. The van der Waals surface area contributed by atoms with Gasteiger partial charge in [-0.15, -0.1) is 0 Å². The molecule has 1 aromatic carbocycles. The van der Waals surface area contributed by atoms with Gasteiger partial charge in [-0.05, 0) is 24.5 Å². The Kier molecular flexibility index (Phi) is 6.69. The van der Waals surface area contributed by atoms with E-state index in [9.17, 15) is 0 Å². The van der Waals surface area contributed by atoms with Gasteiger partial charge in [0.1, 0.15) is 0 Å². The normalized spacial score (nSPS) is 9.95. The van der Waals surface area contributed by atoms with Crippen LogP contribution in [0.25, 0.3) is 0 Å². The van der Waals surface area contributed by atoms with E-state index in [1.54, 1.807) is 6.08 Å². The van der Waals surface area contributed by atoms with E-state index < -0.39 is 0 Å². The number of hydrogen-bond acceptors (Lipinski definition) is 2. The molecule has 0 aliphatic carbocycles. The van der Waals surface area contributed by atoms with Gasteiger partial charge in [0.05, 0.1) is 6.61 Å². The van der Waals surface area contributed by atoms with Crippen LogP contribution in [0.3, 0.4) is 0 Å². The number of rotatable bonds is 9. The van der Waals surface area contributed by atoms with Gasteiger partial charge >= 0.3 is 0 Å². The van der Waals surface area contributed by atoms with Crippen LogP contribution in [0.4, 0.5) is 0 Å². The van der Waals surface area contributed by atoms with Crippen LogP contribution in [0.2, 0.25) is 0 Å². The maximum atomic E-state index is 5.62. The minimum Gasteiger partial charge on any atom is -0.375 e. The van der Waals surface area contributed by atoms with Crippen LogP contribution in [-0.2, 0) is 11.2 Å². The lowest BCUT2D eigenvalue weighted by molar-refractivity contribution is 0.141. The summed E-state index contributed by atoms with van der Waals surface area (Å²) in [6.07, 6.45) is 3.77. The van der Waals surface area contributed by atoms with Gasteiger partial charge in [0.2, 0.25) is 0 Å². The van der Waals surface area contributed by atoms with Crippen molar-refractivity contribution in [1.29, 1.82) is 0 Å². The molecular formula is C17H23NO. The average Bonchev–Trinajstić information content (AvgIpc) is 2.46. The molecule has 0 radical (unpaired) electrons. The van der Waals surface area contributed by atoms with Crippen LogP contribution in [0.15, 0.2) is 67.5 Å². The van der Waals surface area contributed by atoms with Crippen LogP contribution in [-0.4, -0.2) is 25.2 Å². The van der Waals surface area contributed by atoms with E-state index in [-0.39, 0.29) is 0 Å². The van der Waals surface area contributed by atoms with E-state index >= 15 is 0 Å². The summed E-state index contributed by atoms with van der Waals surface area (Å²) in [5, 5.41) is 0. The minimum atomic E-state index is 0.526. The molecule has 0 bridgehead atoms. The third-order valence-electron chi connectivity index (χ3n) is 3.01. The first-order chi connectivity index (χ1) is 9.15. The van der Waals surface area contributed by atoms with Crippen molar-refractivity contribution >= 4 is 0 Å². The Balaban J connectivity index is 2.16. The SMILES string of the molecule is C=CC(=C)N(C)C(=C)COCCCc1ccccc1. The van der Waals surface area contributed by atoms with E-state index in [0.29, 0.717) is 6.61 Å². The average molecular weight is 257 g/mol. The van der Waals surface area contributed by atoms with E-state index in [1.807, 2.05) is 18.0 Å². The summed E-state index contributed by atoms with van der Waals surface area (Å²) in [4.78, 5) is 1.89. The highest BCUT2D eigenvalue weighted by atomic mass is 16.5. The van der Waals surface area contributed by atoms with Crippen molar-refractivity contribution in [2.75, 3.05) is 20.3 Å². The lowest BCUT2D eigenvalue weighted by Gasteiger charge is -2.21. The summed E-state index contributed by atoms with van der Waals surface area (Å²) < 4.78 is 5.62. The monoisotopic (exact) mass is 257 g/mol. The van der Waals surface area contributed by atoms with Gasteiger partial charge in [-0.25, -0.2) is 0 Å². The van der Waals surface area contributed by atoms with Gasteiger partial charge in [-0.3, -0.25) is 0 Å². The van der Waals surface area contributed by atoms with Crippen molar-refractivity contribution in [2.45, 2.75) is 12.8 Å². The zero-order valence-corrected chi connectivity index (χ0v) is 11.8. The second-order valence-electron chi connectivity index (χ2n) is 4.46. The quantitative estimate of drug-likeness (QED) is 0.493. The van der Waals surface area contributed by atoms with Crippen molar-refractivity contribution in [2.24, 2.45) is 0 Å². The van der Waals surface area contributed by atoms with Gasteiger partial charge < -0.3 is 9.64 Å². The summed E-state index contributed by atoms with van der Waals surface area (Å²) in [7, 11) is 1.92. The van der Waals surface area contributed by atoms with Gasteiger partial charge in [0.25, 0.3) is 0 Å². The highest BCUT2D eigenvalue weighted by Crippen LogP contribution is 2.08. The zero-order valence-electron chi connectivity index (χ0n) is 11.8. The van der Waals surface area contributed by atoms with Crippen molar-refractivity contribution in [3.05, 3.63) is 73.1 Å². The largest absolute Gasteiger partial charge is 0.375 e. The third kappa shape index (κ3) is 5.58. The predicted molar refractivity (Wildman–Crippen MR) is 81.8 cm³/mol. The minimum absolute atomic E-state index is 0.526. The Hall–Kier alpha value is -1.80.